The lowest BCUT2D eigenvalue weighted by Crippen LogP contribution is -2.39. The van der Waals surface area contributed by atoms with E-state index in [2.05, 4.69) is 20.1 Å². The van der Waals surface area contributed by atoms with Gasteiger partial charge in [-0.2, -0.15) is 4.98 Å². The van der Waals surface area contributed by atoms with Gasteiger partial charge < -0.3 is 9.42 Å². The zero-order valence-electron chi connectivity index (χ0n) is 13.7. The first kappa shape index (κ1) is 15.6. The molecule has 1 saturated heterocycles. The van der Waals surface area contributed by atoms with Crippen molar-refractivity contribution < 1.29 is 9.32 Å². The van der Waals surface area contributed by atoms with E-state index in [4.69, 9.17) is 4.52 Å². The Morgan fingerprint density at radius 2 is 2.26 bits per heavy atom. The number of aryl methyl sites for hydroxylation is 1. The first-order chi connectivity index (χ1) is 11.1. The summed E-state index contributed by atoms with van der Waals surface area (Å²) in [6, 6.07) is 0. The van der Waals surface area contributed by atoms with E-state index in [9.17, 15) is 4.79 Å². The van der Waals surface area contributed by atoms with Crippen LogP contribution in [0.4, 0.5) is 0 Å². The average Bonchev–Trinajstić information content (AvgIpc) is 3.01. The predicted molar refractivity (Wildman–Crippen MR) is 83.0 cm³/mol. The Kier molecular flexibility index (Phi) is 4.36. The van der Waals surface area contributed by atoms with Crippen LogP contribution in [0.25, 0.3) is 0 Å². The van der Waals surface area contributed by atoms with Gasteiger partial charge in [-0.1, -0.05) is 19.0 Å². The molecule has 0 radical (unpaired) electrons. The van der Waals surface area contributed by atoms with Crippen LogP contribution in [0, 0.1) is 6.92 Å². The van der Waals surface area contributed by atoms with Crippen molar-refractivity contribution in [2.45, 2.75) is 45.4 Å². The Balaban J connectivity index is 1.80. The standard InChI is InChI=1S/C16H21N5O2/c1-10(2)14-13(7-17-9-18-14)16(22)21-6-4-5-12(8-21)15-19-11(3)20-23-15/h7,9-10,12H,4-6,8H2,1-3H3/t12-/m0/s1. The normalized spacial score (nSPS) is 18.4. The number of hydrogen-bond acceptors (Lipinski definition) is 6. The summed E-state index contributed by atoms with van der Waals surface area (Å²) in [5.41, 5.74) is 1.38. The quantitative estimate of drug-likeness (QED) is 0.864. The molecular formula is C16H21N5O2. The Morgan fingerprint density at radius 1 is 1.43 bits per heavy atom. The molecule has 0 aliphatic carbocycles. The molecule has 0 unspecified atom stereocenters. The van der Waals surface area contributed by atoms with Crippen molar-refractivity contribution in [3.8, 4) is 0 Å². The Bertz CT molecular complexity index is 697. The number of likely N-dealkylation sites (tertiary alicyclic amines) is 1. The first-order valence-corrected chi connectivity index (χ1v) is 7.95. The van der Waals surface area contributed by atoms with E-state index in [0.717, 1.165) is 25.1 Å². The largest absolute Gasteiger partial charge is 0.339 e. The molecule has 0 saturated carbocycles. The average molecular weight is 315 g/mol. The first-order valence-electron chi connectivity index (χ1n) is 7.95. The molecule has 1 atom stereocenters. The van der Waals surface area contributed by atoms with E-state index < -0.39 is 0 Å². The predicted octanol–water partition coefficient (Wildman–Crippen LogP) is 2.31. The van der Waals surface area contributed by atoms with Crippen LogP contribution in [0.5, 0.6) is 0 Å². The maximum Gasteiger partial charge on any atom is 0.257 e. The van der Waals surface area contributed by atoms with Crippen molar-refractivity contribution in [2.75, 3.05) is 13.1 Å². The highest BCUT2D eigenvalue weighted by molar-refractivity contribution is 5.95. The Labute approximate surface area is 135 Å². The van der Waals surface area contributed by atoms with Crippen LogP contribution in [0.3, 0.4) is 0 Å². The van der Waals surface area contributed by atoms with Crippen molar-refractivity contribution in [3.05, 3.63) is 35.5 Å². The zero-order chi connectivity index (χ0) is 16.4. The van der Waals surface area contributed by atoms with Gasteiger partial charge >= 0.3 is 0 Å². The zero-order valence-corrected chi connectivity index (χ0v) is 13.7. The molecule has 122 valence electrons. The molecule has 0 aromatic carbocycles. The lowest BCUT2D eigenvalue weighted by atomic mass is 9.96. The van der Waals surface area contributed by atoms with Gasteiger partial charge in [0.1, 0.15) is 6.33 Å². The molecule has 23 heavy (non-hydrogen) atoms. The van der Waals surface area contributed by atoms with E-state index in [1.165, 1.54) is 6.33 Å². The molecule has 2 aromatic heterocycles. The van der Waals surface area contributed by atoms with E-state index >= 15 is 0 Å². The maximum absolute atomic E-state index is 12.9. The van der Waals surface area contributed by atoms with Crippen LogP contribution in [-0.4, -0.2) is 44.0 Å². The van der Waals surface area contributed by atoms with Gasteiger partial charge in [-0.3, -0.25) is 4.79 Å². The van der Waals surface area contributed by atoms with Crippen molar-refractivity contribution in [1.82, 2.24) is 25.0 Å². The van der Waals surface area contributed by atoms with Crippen molar-refractivity contribution in [3.63, 3.8) is 0 Å². The smallest absolute Gasteiger partial charge is 0.257 e. The van der Waals surface area contributed by atoms with Crippen molar-refractivity contribution in [1.29, 1.82) is 0 Å². The SMILES string of the molecule is Cc1noc([C@H]2CCCN(C(=O)c3cncnc3C(C)C)C2)n1. The lowest BCUT2D eigenvalue weighted by molar-refractivity contribution is 0.0693. The van der Waals surface area contributed by atoms with Gasteiger partial charge in [-0.15, -0.1) is 0 Å². The third-order valence-electron chi connectivity index (χ3n) is 4.12. The van der Waals surface area contributed by atoms with Crippen LogP contribution in [0.15, 0.2) is 17.0 Å². The van der Waals surface area contributed by atoms with Gasteiger partial charge in [0.2, 0.25) is 5.89 Å². The summed E-state index contributed by atoms with van der Waals surface area (Å²) < 4.78 is 5.28. The number of piperidine rings is 1. The second kappa shape index (κ2) is 6.44. The van der Waals surface area contributed by atoms with Gasteiger partial charge in [-0.25, -0.2) is 9.97 Å². The fourth-order valence-corrected chi connectivity index (χ4v) is 2.98. The number of amides is 1. The van der Waals surface area contributed by atoms with Crippen LogP contribution in [0.1, 0.15) is 66.3 Å². The topological polar surface area (TPSA) is 85.0 Å². The minimum absolute atomic E-state index is 0.0183. The lowest BCUT2D eigenvalue weighted by Gasteiger charge is -2.31. The number of nitrogens with zero attached hydrogens (tertiary/aromatic N) is 5. The highest BCUT2D eigenvalue weighted by Crippen LogP contribution is 2.27. The molecule has 1 aliphatic rings. The molecule has 3 heterocycles. The molecule has 1 fully saturated rings. The fraction of sp³-hybridized carbons (Fsp3) is 0.562. The Morgan fingerprint density at radius 3 is 2.96 bits per heavy atom. The fourth-order valence-electron chi connectivity index (χ4n) is 2.98. The summed E-state index contributed by atoms with van der Waals surface area (Å²) in [7, 11) is 0. The van der Waals surface area contributed by atoms with Gasteiger partial charge in [0.15, 0.2) is 5.82 Å². The van der Waals surface area contributed by atoms with Crippen molar-refractivity contribution >= 4 is 5.91 Å². The van der Waals surface area contributed by atoms with Gasteiger partial charge in [-0.05, 0) is 25.7 Å². The Hall–Kier alpha value is -2.31. The molecule has 0 spiro atoms. The summed E-state index contributed by atoms with van der Waals surface area (Å²) in [5.74, 6) is 1.50. The highest BCUT2D eigenvalue weighted by atomic mass is 16.5. The molecule has 0 N–H and O–H groups in total. The molecule has 7 nitrogen and oxygen atoms in total. The molecule has 3 rings (SSSR count). The molecule has 2 aromatic rings. The number of carbonyl (C=O) groups excluding carboxylic acids is 1. The maximum atomic E-state index is 12.9. The second-order valence-corrected chi connectivity index (χ2v) is 6.25. The molecule has 7 heteroatoms. The molecular weight excluding hydrogens is 294 g/mol. The van der Waals surface area contributed by atoms with E-state index in [1.807, 2.05) is 18.7 Å². The second-order valence-electron chi connectivity index (χ2n) is 6.25. The highest BCUT2D eigenvalue weighted by Gasteiger charge is 2.30. The monoisotopic (exact) mass is 315 g/mol. The van der Waals surface area contributed by atoms with Crippen LogP contribution < -0.4 is 0 Å². The van der Waals surface area contributed by atoms with Crippen LogP contribution in [0.2, 0.25) is 0 Å². The van der Waals surface area contributed by atoms with E-state index in [-0.39, 0.29) is 17.7 Å². The molecule has 1 aliphatic heterocycles. The van der Waals surface area contributed by atoms with Gasteiger partial charge in [0.05, 0.1) is 17.2 Å². The van der Waals surface area contributed by atoms with Gasteiger partial charge in [0.25, 0.3) is 5.91 Å². The van der Waals surface area contributed by atoms with Crippen molar-refractivity contribution in [2.24, 2.45) is 0 Å². The summed E-state index contributed by atoms with van der Waals surface area (Å²) in [4.78, 5) is 27.3. The van der Waals surface area contributed by atoms with E-state index in [1.54, 1.807) is 13.1 Å². The number of hydrogen-bond donors (Lipinski definition) is 0. The summed E-state index contributed by atoms with van der Waals surface area (Å²) in [6.45, 7) is 7.18. The number of carbonyl (C=O) groups is 1. The summed E-state index contributed by atoms with van der Waals surface area (Å²) >= 11 is 0. The number of rotatable bonds is 3. The minimum atomic E-state index is -0.0183. The summed E-state index contributed by atoms with van der Waals surface area (Å²) in [6.07, 6.45) is 4.98. The molecule has 1 amide bonds. The summed E-state index contributed by atoms with van der Waals surface area (Å²) in [5, 5.41) is 3.85. The van der Waals surface area contributed by atoms with E-state index in [0.29, 0.717) is 23.8 Å². The van der Waals surface area contributed by atoms with Crippen LogP contribution in [-0.2, 0) is 0 Å². The minimum Gasteiger partial charge on any atom is -0.339 e. The third-order valence-corrected chi connectivity index (χ3v) is 4.12. The number of aromatic nitrogens is 4. The van der Waals surface area contributed by atoms with Crippen LogP contribution >= 0.6 is 0 Å². The van der Waals surface area contributed by atoms with Gasteiger partial charge in [0, 0.05) is 19.3 Å². The molecule has 0 bridgehead atoms. The third kappa shape index (κ3) is 3.23.